The van der Waals surface area contributed by atoms with Crippen molar-refractivity contribution in [2.75, 3.05) is 0 Å². The highest BCUT2D eigenvalue weighted by molar-refractivity contribution is 6.16. The van der Waals surface area contributed by atoms with Crippen LogP contribution in [-0.4, -0.2) is 9.55 Å². The third-order valence-electron chi connectivity index (χ3n) is 3.54. The fraction of sp³-hybridized carbons (Fsp3) is 0.500. The molecule has 2 aromatic rings. The van der Waals surface area contributed by atoms with Crippen LogP contribution in [0.4, 0.5) is 0 Å². The topological polar surface area (TPSA) is 17.8 Å². The molecule has 1 aromatic carbocycles. The molecule has 0 spiro atoms. The Morgan fingerprint density at radius 3 is 2.88 bits per heavy atom. The van der Waals surface area contributed by atoms with Crippen LogP contribution in [0.1, 0.15) is 31.5 Å². The summed E-state index contributed by atoms with van der Waals surface area (Å²) in [6.45, 7) is 1.05. The Morgan fingerprint density at radius 1 is 1.29 bits per heavy atom. The second kappa shape index (κ2) is 4.69. The number of alkyl halides is 1. The first-order valence-electron chi connectivity index (χ1n) is 6.38. The summed E-state index contributed by atoms with van der Waals surface area (Å²) in [5, 5.41) is 0. The Bertz CT molecular complexity index is 514. The van der Waals surface area contributed by atoms with Gasteiger partial charge in [0.1, 0.15) is 5.82 Å². The zero-order chi connectivity index (χ0) is 11.7. The standard InChI is InChI=1S/C14H17ClN2/c15-10-14-16-12-5-1-2-6-13(12)17(14)9-3-4-11-7-8-11/h1-2,5-6,11H,3-4,7-10H2. The zero-order valence-electron chi connectivity index (χ0n) is 9.90. The van der Waals surface area contributed by atoms with E-state index in [-0.39, 0.29) is 0 Å². The summed E-state index contributed by atoms with van der Waals surface area (Å²) in [7, 11) is 0. The second-order valence-electron chi connectivity index (χ2n) is 4.89. The van der Waals surface area contributed by atoms with E-state index in [1.165, 1.54) is 31.2 Å². The van der Waals surface area contributed by atoms with Crippen LogP contribution in [0.15, 0.2) is 24.3 Å². The number of para-hydroxylation sites is 2. The molecule has 0 aliphatic heterocycles. The predicted octanol–water partition coefficient (Wildman–Crippen LogP) is 3.97. The van der Waals surface area contributed by atoms with Crippen LogP contribution in [-0.2, 0) is 12.4 Å². The van der Waals surface area contributed by atoms with Gasteiger partial charge in [0, 0.05) is 6.54 Å². The molecule has 0 atom stereocenters. The quantitative estimate of drug-likeness (QED) is 0.733. The van der Waals surface area contributed by atoms with E-state index in [1.807, 2.05) is 6.07 Å². The molecule has 0 radical (unpaired) electrons. The maximum absolute atomic E-state index is 5.97. The van der Waals surface area contributed by atoms with Gasteiger partial charge in [-0.15, -0.1) is 11.6 Å². The summed E-state index contributed by atoms with van der Waals surface area (Å²) >= 11 is 5.97. The summed E-state index contributed by atoms with van der Waals surface area (Å²) in [6, 6.07) is 8.29. The minimum Gasteiger partial charge on any atom is -0.327 e. The summed E-state index contributed by atoms with van der Waals surface area (Å²) in [6.07, 6.45) is 5.48. The molecule has 3 rings (SSSR count). The highest BCUT2D eigenvalue weighted by Crippen LogP contribution is 2.33. The van der Waals surface area contributed by atoms with Gasteiger partial charge in [0.15, 0.2) is 0 Å². The van der Waals surface area contributed by atoms with Crippen molar-refractivity contribution < 1.29 is 0 Å². The molecule has 0 bridgehead atoms. The fourth-order valence-corrected chi connectivity index (χ4v) is 2.63. The van der Waals surface area contributed by atoms with Crippen LogP contribution >= 0.6 is 11.6 Å². The summed E-state index contributed by atoms with van der Waals surface area (Å²) in [5.74, 6) is 2.51. The first-order chi connectivity index (χ1) is 8.38. The van der Waals surface area contributed by atoms with E-state index in [0.717, 1.165) is 23.8 Å². The van der Waals surface area contributed by atoms with Crippen molar-refractivity contribution in [3.05, 3.63) is 30.1 Å². The number of aromatic nitrogens is 2. The SMILES string of the molecule is ClCc1nc2ccccc2n1CCCC1CC1. The summed E-state index contributed by atoms with van der Waals surface area (Å²) in [4.78, 5) is 4.58. The number of nitrogens with zero attached hydrogens (tertiary/aromatic N) is 2. The molecule has 1 fully saturated rings. The molecular weight excluding hydrogens is 232 g/mol. The highest BCUT2D eigenvalue weighted by atomic mass is 35.5. The van der Waals surface area contributed by atoms with Gasteiger partial charge in [0.05, 0.1) is 16.9 Å². The average molecular weight is 249 g/mol. The molecule has 0 unspecified atom stereocenters. The molecule has 1 heterocycles. The largest absolute Gasteiger partial charge is 0.327 e. The van der Waals surface area contributed by atoms with Gasteiger partial charge in [-0.1, -0.05) is 25.0 Å². The van der Waals surface area contributed by atoms with E-state index in [2.05, 4.69) is 27.8 Å². The Hall–Kier alpha value is -1.02. The number of benzene rings is 1. The molecule has 1 aliphatic rings. The number of hydrogen-bond donors (Lipinski definition) is 0. The minimum atomic E-state index is 0.498. The summed E-state index contributed by atoms with van der Waals surface area (Å²) in [5.41, 5.74) is 2.29. The number of imidazole rings is 1. The van der Waals surface area contributed by atoms with Gasteiger partial charge in [-0.05, 0) is 30.9 Å². The van der Waals surface area contributed by atoms with Crippen molar-refractivity contribution in [2.24, 2.45) is 5.92 Å². The van der Waals surface area contributed by atoms with Crippen LogP contribution in [0.2, 0.25) is 0 Å². The lowest BCUT2D eigenvalue weighted by Gasteiger charge is -2.07. The number of rotatable bonds is 5. The lowest BCUT2D eigenvalue weighted by Crippen LogP contribution is -2.02. The molecule has 1 aliphatic carbocycles. The summed E-state index contributed by atoms with van der Waals surface area (Å²) < 4.78 is 2.28. The van der Waals surface area contributed by atoms with Crippen LogP contribution in [0.5, 0.6) is 0 Å². The Labute approximate surface area is 107 Å². The van der Waals surface area contributed by atoms with Gasteiger partial charge in [-0.3, -0.25) is 0 Å². The van der Waals surface area contributed by atoms with Gasteiger partial charge in [-0.2, -0.15) is 0 Å². The minimum absolute atomic E-state index is 0.498. The fourth-order valence-electron chi connectivity index (χ4n) is 2.42. The van der Waals surface area contributed by atoms with Crippen LogP contribution in [0, 0.1) is 5.92 Å². The molecule has 3 heteroatoms. The molecule has 0 N–H and O–H groups in total. The van der Waals surface area contributed by atoms with E-state index in [4.69, 9.17) is 11.6 Å². The Kier molecular flexibility index (Phi) is 3.06. The van der Waals surface area contributed by atoms with Crippen molar-refractivity contribution in [1.29, 1.82) is 0 Å². The molecule has 1 saturated carbocycles. The number of aryl methyl sites for hydroxylation is 1. The Morgan fingerprint density at radius 2 is 2.12 bits per heavy atom. The van der Waals surface area contributed by atoms with Gasteiger partial charge in [0.2, 0.25) is 0 Å². The maximum atomic E-state index is 5.97. The van der Waals surface area contributed by atoms with Gasteiger partial charge >= 0.3 is 0 Å². The number of fused-ring (bicyclic) bond motifs is 1. The first-order valence-corrected chi connectivity index (χ1v) is 6.92. The van der Waals surface area contributed by atoms with Crippen LogP contribution < -0.4 is 0 Å². The van der Waals surface area contributed by atoms with Crippen LogP contribution in [0.25, 0.3) is 11.0 Å². The lowest BCUT2D eigenvalue weighted by molar-refractivity contribution is 0.576. The van der Waals surface area contributed by atoms with E-state index in [9.17, 15) is 0 Å². The molecular formula is C14H17ClN2. The van der Waals surface area contributed by atoms with Gasteiger partial charge in [-0.25, -0.2) is 4.98 Å². The number of hydrogen-bond acceptors (Lipinski definition) is 1. The van der Waals surface area contributed by atoms with Crippen LogP contribution in [0.3, 0.4) is 0 Å². The first kappa shape index (κ1) is 11.1. The molecule has 1 aromatic heterocycles. The van der Waals surface area contributed by atoms with Crippen molar-refractivity contribution >= 4 is 22.6 Å². The lowest BCUT2D eigenvalue weighted by atomic mass is 10.2. The normalized spacial score (nSPS) is 15.6. The Balaban J connectivity index is 1.83. The third-order valence-corrected chi connectivity index (χ3v) is 3.78. The molecule has 90 valence electrons. The second-order valence-corrected chi connectivity index (χ2v) is 5.15. The van der Waals surface area contributed by atoms with E-state index in [0.29, 0.717) is 5.88 Å². The smallest absolute Gasteiger partial charge is 0.124 e. The van der Waals surface area contributed by atoms with Crippen molar-refractivity contribution in [3.8, 4) is 0 Å². The number of halogens is 1. The zero-order valence-corrected chi connectivity index (χ0v) is 10.7. The highest BCUT2D eigenvalue weighted by Gasteiger charge is 2.20. The maximum Gasteiger partial charge on any atom is 0.124 e. The molecule has 2 nitrogen and oxygen atoms in total. The van der Waals surface area contributed by atoms with E-state index >= 15 is 0 Å². The van der Waals surface area contributed by atoms with E-state index in [1.54, 1.807) is 0 Å². The molecule has 0 saturated heterocycles. The van der Waals surface area contributed by atoms with Gasteiger partial charge in [0.25, 0.3) is 0 Å². The van der Waals surface area contributed by atoms with Crippen molar-refractivity contribution in [3.63, 3.8) is 0 Å². The average Bonchev–Trinajstić information content (AvgIpc) is 3.11. The van der Waals surface area contributed by atoms with E-state index < -0.39 is 0 Å². The third kappa shape index (κ3) is 2.32. The van der Waals surface area contributed by atoms with Gasteiger partial charge < -0.3 is 4.57 Å². The molecule has 0 amide bonds. The van der Waals surface area contributed by atoms with Crippen molar-refractivity contribution in [2.45, 2.75) is 38.1 Å². The predicted molar refractivity (Wildman–Crippen MR) is 71.2 cm³/mol. The molecule has 17 heavy (non-hydrogen) atoms. The van der Waals surface area contributed by atoms with Crippen molar-refractivity contribution in [1.82, 2.24) is 9.55 Å². The monoisotopic (exact) mass is 248 g/mol.